The van der Waals surface area contributed by atoms with Crippen LogP contribution in [-0.2, 0) is 13.1 Å². The molecule has 0 spiro atoms. The Morgan fingerprint density at radius 3 is 3.11 bits per heavy atom. The summed E-state index contributed by atoms with van der Waals surface area (Å²) in [5, 5.41) is 6.72. The largest absolute Gasteiger partial charge is 0.311 e. The van der Waals surface area contributed by atoms with Crippen LogP contribution in [0.25, 0.3) is 0 Å². The molecule has 2 rings (SSSR count). The van der Waals surface area contributed by atoms with Gasteiger partial charge in [-0.3, -0.25) is 0 Å². The van der Waals surface area contributed by atoms with Crippen molar-refractivity contribution in [2.45, 2.75) is 26.4 Å². The number of rotatable bonds is 7. The first-order valence-corrected chi connectivity index (χ1v) is 8.06. The summed E-state index contributed by atoms with van der Waals surface area (Å²) in [6, 6.07) is 0. The summed E-state index contributed by atoms with van der Waals surface area (Å²) in [5.41, 5.74) is 1.21. The van der Waals surface area contributed by atoms with Gasteiger partial charge in [-0.2, -0.15) is 0 Å². The molecule has 0 bridgehead atoms. The van der Waals surface area contributed by atoms with Gasteiger partial charge in [0.15, 0.2) is 0 Å². The lowest BCUT2D eigenvalue weighted by atomic mass is 10.1. The van der Waals surface area contributed by atoms with Crippen LogP contribution in [0.1, 0.15) is 24.0 Å². The third kappa shape index (κ3) is 4.84. The van der Waals surface area contributed by atoms with Crippen LogP contribution in [0.15, 0.2) is 5.38 Å². The molecule has 108 valence electrons. The number of nitrogens with zero attached hydrogens (tertiary/aromatic N) is 3. The van der Waals surface area contributed by atoms with Crippen LogP contribution >= 0.6 is 11.3 Å². The Balaban J connectivity index is 1.75. The van der Waals surface area contributed by atoms with Crippen LogP contribution in [-0.4, -0.2) is 55.1 Å². The molecule has 0 aliphatic carbocycles. The van der Waals surface area contributed by atoms with Gasteiger partial charge in [0.05, 0.1) is 5.69 Å². The molecule has 0 saturated carbocycles. The first-order valence-electron chi connectivity index (χ1n) is 7.18. The fourth-order valence-corrected chi connectivity index (χ4v) is 3.45. The summed E-state index contributed by atoms with van der Waals surface area (Å²) in [7, 11) is 4.43. The van der Waals surface area contributed by atoms with Crippen LogP contribution < -0.4 is 5.32 Å². The highest BCUT2D eigenvalue weighted by atomic mass is 32.1. The molecule has 5 heteroatoms. The molecule has 1 atom stereocenters. The molecule has 0 amide bonds. The van der Waals surface area contributed by atoms with Crippen LogP contribution in [0.4, 0.5) is 0 Å². The number of aromatic nitrogens is 1. The normalized spacial score (nSPS) is 20.5. The Bertz CT molecular complexity index is 379. The molecule has 1 aliphatic rings. The Morgan fingerprint density at radius 2 is 2.42 bits per heavy atom. The molecular weight excluding hydrogens is 256 g/mol. The van der Waals surface area contributed by atoms with E-state index in [1.165, 1.54) is 36.8 Å². The molecular formula is C14H26N4S. The molecule has 1 unspecified atom stereocenters. The van der Waals surface area contributed by atoms with E-state index < -0.39 is 0 Å². The Hall–Kier alpha value is -0.490. The number of hydrogen-bond donors (Lipinski definition) is 1. The predicted octanol–water partition coefficient (Wildman–Crippen LogP) is 1.64. The molecule has 4 nitrogen and oxygen atoms in total. The van der Waals surface area contributed by atoms with Crippen molar-refractivity contribution in [1.29, 1.82) is 0 Å². The third-order valence-electron chi connectivity index (χ3n) is 3.62. The first-order chi connectivity index (χ1) is 9.17. The Labute approximate surface area is 120 Å². The number of likely N-dealkylation sites (tertiary alicyclic amines) is 1. The zero-order chi connectivity index (χ0) is 13.7. The lowest BCUT2D eigenvalue weighted by molar-refractivity contribution is 0.265. The summed E-state index contributed by atoms with van der Waals surface area (Å²) in [6.07, 6.45) is 1.34. The summed E-state index contributed by atoms with van der Waals surface area (Å²) in [6.45, 7) is 8.69. The van der Waals surface area contributed by atoms with Gasteiger partial charge in [0.2, 0.25) is 0 Å². The second-order valence-electron chi connectivity index (χ2n) is 5.63. The van der Waals surface area contributed by atoms with Gasteiger partial charge < -0.3 is 15.1 Å². The minimum atomic E-state index is 0.829. The van der Waals surface area contributed by atoms with E-state index in [4.69, 9.17) is 0 Å². The summed E-state index contributed by atoms with van der Waals surface area (Å²) < 4.78 is 0. The highest BCUT2D eigenvalue weighted by Crippen LogP contribution is 2.17. The molecule has 1 aromatic heterocycles. The second-order valence-corrected chi connectivity index (χ2v) is 6.57. The van der Waals surface area contributed by atoms with Crippen molar-refractivity contribution in [3.63, 3.8) is 0 Å². The van der Waals surface area contributed by atoms with Crippen LogP contribution in [0.3, 0.4) is 0 Å². The van der Waals surface area contributed by atoms with Crippen LogP contribution in [0, 0.1) is 5.92 Å². The minimum Gasteiger partial charge on any atom is -0.311 e. The first kappa shape index (κ1) is 14.9. The molecule has 2 heterocycles. The second kappa shape index (κ2) is 7.33. The van der Waals surface area contributed by atoms with Crippen LogP contribution in [0.5, 0.6) is 0 Å². The fraction of sp³-hybridized carbons (Fsp3) is 0.786. The van der Waals surface area contributed by atoms with E-state index in [0.717, 1.165) is 25.6 Å². The molecule has 1 aromatic rings. The maximum absolute atomic E-state index is 4.68. The maximum atomic E-state index is 4.68. The Kier molecular flexibility index (Phi) is 5.76. The van der Waals surface area contributed by atoms with Crippen LogP contribution in [0.2, 0.25) is 0 Å². The molecule has 0 radical (unpaired) electrons. The van der Waals surface area contributed by atoms with Crippen molar-refractivity contribution in [3.8, 4) is 0 Å². The van der Waals surface area contributed by atoms with E-state index in [1.54, 1.807) is 11.3 Å². The number of nitrogens with one attached hydrogen (secondary N) is 1. The average molecular weight is 282 g/mol. The third-order valence-corrected chi connectivity index (χ3v) is 4.51. The van der Waals surface area contributed by atoms with E-state index in [0.29, 0.717) is 0 Å². The van der Waals surface area contributed by atoms with E-state index in [9.17, 15) is 0 Å². The molecule has 1 fully saturated rings. The molecule has 19 heavy (non-hydrogen) atoms. The van der Waals surface area contributed by atoms with Gasteiger partial charge in [0.25, 0.3) is 0 Å². The Morgan fingerprint density at radius 1 is 1.58 bits per heavy atom. The van der Waals surface area contributed by atoms with E-state index in [1.807, 2.05) is 0 Å². The average Bonchev–Trinajstić information content (AvgIpc) is 2.96. The quantitative estimate of drug-likeness (QED) is 0.824. The van der Waals surface area contributed by atoms with Gasteiger partial charge in [0.1, 0.15) is 5.01 Å². The highest BCUT2D eigenvalue weighted by Gasteiger charge is 2.20. The highest BCUT2D eigenvalue weighted by molar-refractivity contribution is 7.09. The number of hydrogen-bond acceptors (Lipinski definition) is 5. The van der Waals surface area contributed by atoms with Crippen molar-refractivity contribution < 1.29 is 0 Å². The van der Waals surface area contributed by atoms with E-state index in [-0.39, 0.29) is 0 Å². The standard InChI is InChI=1S/C14H26N4S/c1-4-15-7-14-16-13(11-19-14)10-18(3)9-12-5-6-17(2)8-12/h11-12,15H,4-10H2,1-3H3. The SMILES string of the molecule is CCNCc1nc(CN(C)CC2CCN(C)C2)cs1. The van der Waals surface area contributed by atoms with Gasteiger partial charge >= 0.3 is 0 Å². The summed E-state index contributed by atoms with van der Waals surface area (Å²) in [4.78, 5) is 9.52. The van der Waals surface area contributed by atoms with Gasteiger partial charge in [0, 0.05) is 31.6 Å². The van der Waals surface area contributed by atoms with E-state index in [2.05, 4.69) is 46.5 Å². The lowest BCUT2D eigenvalue weighted by Crippen LogP contribution is -2.27. The molecule has 1 saturated heterocycles. The topological polar surface area (TPSA) is 31.4 Å². The predicted molar refractivity (Wildman–Crippen MR) is 81.4 cm³/mol. The van der Waals surface area contributed by atoms with Gasteiger partial charge in [-0.25, -0.2) is 4.98 Å². The van der Waals surface area contributed by atoms with Crippen molar-refractivity contribution in [2.75, 3.05) is 40.3 Å². The van der Waals surface area contributed by atoms with Gasteiger partial charge in [-0.05, 0) is 39.5 Å². The zero-order valence-electron chi connectivity index (χ0n) is 12.4. The minimum absolute atomic E-state index is 0.829. The summed E-state index contributed by atoms with van der Waals surface area (Å²) in [5.74, 6) is 0.829. The smallest absolute Gasteiger partial charge is 0.107 e. The van der Waals surface area contributed by atoms with Crippen molar-refractivity contribution in [1.82, 2.24) is 20.1 Å². The van der Waals surface area contributed by atoms with Crippen molar-refractivity contribution in [2.24, 2.45) is 5.92 Å². The maximum Gasteiger partial charge on any atom is 0.107 e. The van der Waals surface area contributed by atoms with Gasteiger partial charge in [-0.1, -0.05) is 6.92 Å². The monoisotopic (exact) mass is 282 g/mol. The fourth-order valence-electron chi connectivity index (χ4n) is 2.69. The summed E-state index contributed by atoms with van der Waals surface area (Å²) >= 11 is 1.77. The van der Waals surface area contributed by atoms with Crippen molar-refractivity contribution in [3.05, 3.63) is 16.1 Å². The lowest BCUT2D eigenvalue weighted by Gasteiger charge is -2.19. The van der Waals surface area contributed by atoms with Crippen molar-refractivity contribution >= 4 is 11.3 Å². The van der Waals surface area contributed by atoms with Gasteiger partial charge in [-0.15, -0.1) is 11.3 Å². The molecule has 0 aromatic carbocycles. The number of thiazole rings is 1. The molecule has 1 N–H and O–H groups in total. The zero-order valence-corrected chi connectivity index (χ0v) is 13.2. The molecule has 1 aliphatic heterocycles. The van der Waals surface area contributed by atoms with E-state index >= 15 is 0 Å².